The maximum Gasteiger partial charge on any atom is 0.257 e. The minimum atomic E-state index is -0.261. The zero-order chi connectivity index (χ0) is 31.8. The summed E-state index contributed by atoms with van der Waals surface area (Å²) in [6, 6.07) is 23.3. The Hall–Kier alpha value is -4.21. The van der Waals surface area contributed by atoms with Gasteiger partial charge in [0.2, 0.25) is 11.8 Å². The van der Waals surface area contributed by atoms with Crippen molar-refractivity contribution in [2.45, 2.75) is 40.2 Å². The molecule has 0 spiro atoms. The van der Waals surface area contributed by atoms with Gasteiger partial charge in [-0.25, -0.2) is 0 Å². The topological polar surface area (TPSA) is 79.4 Å². The molecule has 0 saturated carbocycles. The maximum atomic E-state index is 13.7. The van der Waals surface area contributed by atoms with Gasteiger partial charge in [0.25, 0.3) is 5.91 Å². The Bertz CT molecular complexity index is 1470. The lowest BCUT2D eigenvalue weighted by Crippen LogP contribution is -2.46. The highest BCUT2D eigenvalue weighted by Crippen LogP contribution is 2.38. The van der Waals surface area contributed by atoms with E-state index in [4.69, 9.17) is 0 Å². The molecule has 238 valence electrons. The highest BCUT2D eigenvalue weighted by atomic mass is 16.2. The van der Waals surface area contributed by atoms with Gasteiger partial charge in [0.1, 0.15) is 0 Å². The molecule has 2 aliphatic rings. The lowest BCUT2D eigenvalue weighted by Gasteiger charge is -2.35. The summed E-state index contributed by atoms with van der Waals surface area (Å²) >= 11 is 0. The van der Waals surface area contributed by atoms with Crippen LogP contribution in [-0.4, -0.2) is 91.3 Å². The standard InChI is InChI=1S/C36H46N6O3/c1-4-38-21-25-41(26-22-38)29-17-15-28(16-18-29)27-39(5-2)23-24-40(6-3)34(43)19-20-35(44)42-32-13-9-7-11-30(32)36(45)37-31-12-8-10-14-33(31)42/h7-18H,4-6,19-27H2,1-3H3,(H,37,45). The Labute approximate surface area is 267 Å². The van der Waals surface area contributed by atoms with Crippen LogP contribution in [0.25, 0.3) is 0 Å². The number of para-hydroxylation sites is 3. The van der Waals surface area contributed by atoms with E-state index in [2.05, 4.69) is 58.1 Å². The first-order chi connectivity index (χ1) is 21.9. The first-order valence-electron chi connectivity index (χ1n) is 16.3. The lowest BCUT2D eigenvalue weighted by molar-refractivity contribution is -0.133. The van der Waals surface area contributed by atoms with Gasteiger partial charge in [-0.15, -0.1) is 0 Å². The number of rotatable bonds is 12. The van der Waals surface area contributed by atoms with E-state index in [1.807, 2.05) is 36.1 Å². The van der Waals surface area contributed by atoms with E-state index in [0.29, 0.717) is 35.7 Å². The number of hydrogen-bond donors (Lipinski definition) is 1. The normalized spacial score (nSPS) is 14.9. The van der Waals surface area contributed by atoms with Crippen molar-refractivity contribution in [2.75, 3.05) is 74.0 Å². The van der Waals surface area contributed by atoms with Crippen LogP contribution in [-0.2, 0) is 16.1 Å². The quantitative estimate of drug-likeness (QED) is 0.304. The van der Waals surface area contributed by atoms with Gasteiger partial charge in [0.05, 0.1) is 22.6 Å². The van der Waals surface area contributed by atoms with Crippen molar-refractivity contribution in [1.29, 1.82) is 0 Å². The predicted octanol–water partition coefficient (Wildman–Crippen LogP) is 5.21. The second kappa shape index (κ2) is 15.2. The zero-order valence-corrected chi connectivity index (χ0v) is 26.9. The van der Waals surface area contributed by atoms with Crippen molar-refractivity contribution in [3.8, 4) is 0 Å². The molecular weight excluding hydrogens is 564 g/mol. The third-order valence-corrected chi connectivity index (χ3v) is 8.98. The molecule has 0 aliphatic carbocycles. The molecule has 1 N–H and O–H groups in total. The largest absolute Gasteiger partial charge is 0.369 e. The van der Waals surface area contributed by atoms with Crippen LogP contribution < -0.4 is 15.1 Å². The first-order valence-corrected chi connectivity index (χ1v) is 16.3. The molecule has 3 aromatic rings. The number of amides is 3. The van der Waals surface area contributed by atoms with E-state index in [0.717, 1.165) is 52.4 Å². The third-order valence-electron chi connectivity index (χ3n) is 8.98. The molecule has 9 nitrogen and oxygen atoms in total. The smallest absolute Gasteiger partial charge is 0.257 e. The maximum absolute atomic E-state index is 13.7. The molecule has 1 saturated heterocycles. The molecule has 3 amide bonds. The fourth-order valence-corrected chi connectivity index (χ4v) is 6.17. The van der Waals surface area contributed by atoms with Crippen LogP contribution in [0.2, 0.25) is 0 Å². The number of fused-ring (bicyclic) bond motifs is 2. The molecule has 2 aliphatic heterocycles. The average Bonchev–Trinajstić information content (AvgIpc) is 3.20. The Morgan fingerprint density at radius 3 is 2.16 bits per heavy atom. The summed E-state index contributed by atoms with van der Waals surface area (Å²) < 4.78 is 0. The lowest BCUT2D eigenvalue weighted by atomic mass is 10.1. The Morgan fingerprint density at radius 2 is 1.47 bits per heavy atom. The van der Waals surface area contributed by atoms with Gasteiger partial charge in [0, 0.05) is 70.9 Å². The van der Waals surface area contributed by atoms with Crippen molar-refractivity contribution in [3.63, 3.8) is 0 Å². The highest BCUT2D eigenvalue weighted by molar-refractivity contribution is 6.17. The number of benzene rings is 3. The summed E-state index contributed by atoms with van der Waals surface area (Å²) in [5.41, 5.74) is 4.66. The predicted molar refractivity (Wildman–Crippen MR) is 181 cm³/mol. The van der Waals surface area contributed by atoms with Crippen molar-refractivity contribution in [3.05, 3.63) is 83.9 Å². The molecule has 9 heteroatoms. The summed E-state index contributed by atoms with van der Waals surface area (Å²) in [7, 11) is 0. The van der Waals surface area contributed by atoms with E-state index in [1.54, 1.807) is 29.2 Å². The minimum Gasteiger partial charge on any atom is -0.369 e. The molecule has 2 heterocycles. The number of hydrogen-bond acceptors (Lipinski definition) is 6. The molecular formula is C36H46N6O3. The van der Waals surface area contributed by atoms with Crippen LogP contribution in [0.1, 0.15) is 49.5 Å². The van der Waals surface area contributed by atoms with Gasteiger partial charge >= 0.3 is 0 Å². The monoisotopic (exact) mass is 610 g/mol. The SMILES string of the molecule is CCN1CCN(c2ccc(CN(CC)CCN(CC)C(=O)CCC(=O)N3c4ccccc4NC(=O)c4ccccc43)cc2)CC1. The zero-order valence-electron chi connectivity index (χ0n) is 26.9. The molecule has 0 aromatic heterocycles. The summed E-state index contributed by atoms with van der Waals surface area (Å²) in [6.07, 6.45) is 0.151. The van der Waals surface area contributed by atoms with Gasteiger partial charge in [-0.2, -0.15) is 0 Å². The first kappa shape index (κ1) is 32.2. The Balaban J connectivity index is 1.16. The van der Waals surface area contributed by atoms with Crippen molar-refractivity contribution in [1.82, 2.24) is 14.7 Å². The number of anilines is 4. The number of carbonyl (C=O) groups excluding carboxylic acids is 3. The second-order valence-electron chi connectivity index (χ2n) is 11.6. The summed E-state index contributed by atoms with van der Waals surface area (Å²) in [4.78, 5) is 50.6. The van der Waals surface area contributed by atoms with Crippen LogP contribution in [0, 0.1) is 0 Å². The fraction of sp³-hybridized carbons (Fsp3) is 0.417. The molecule has 3 aromatic carbocycles. The second-order valence-corrected chi connectivity index (χ2v) is 11.6. The van der Waals surface area contributed by atoms with Crippen LogP contribution in [0.4, 0.5) is 22.7 Å². The summed E-state index contributed by atoms with van der Waals surface area (Å²) in [6.45, 7) is 15.5. The molecule has 0 unspecified atom stereocenters. The van der Waals surface area contributed by atoms with Crippen LogP contribution in [0.15, 0.2) is 72.8 Å². The Kier molecular flexibility index (Phi) is 10.9. The third kappa shape index (κ3) is 7.72. The van der Waals surface area contributed by atoms with E-state index >= 15 is 0 Å². The summed E-state index contributed by atoms with van der Waals surface area (Å²) in [5.74, 6) is -0.523. The van der Waals surface area contributed by atoms with E-state index in [-0.39, 0.29) is 30.6 Å². The minimum absolute atomic E-state index is 0.0416. The molecule has 5 rings (SSSR count). The van der Waals surface area contributed by atoms with Crippen LogP contribution in [0.3, 0.4) is 0 Å². The highest BCUT2D eigenvalue weighted by Gasteiger charge is 2.29. The van der Waals surface area contributed by atoms with Crippen molar-refractivity contribution in [2.24, 2.45) is 0 Å². The van der Waals surface area contributed by atoms with E-state index in [1.165, 1.54) is 11.3 Å². The molecule has 0 radical (unpaired) electrons. The average molecular weight is 611 g/mol. The molecule has 0 atom stereocenters. The number of carbonyl (C=O) groups is 3. The fourth-order valence-electron chi connectivity index (χ4n) is 6.17. The number of likely N-dealkylation sites (N-methyl/N-ethyl adjacent to an activating group) is 3. The molecule has 1 fully saturated rings. The van der Waals surface area contributed by atoms with Gasteiger partial charge in [-0.1, -0.05) is 50.2 Å². The van der Waals surface area contributed by atoms with Gasteiger partial charge in [-0.05, 0) is 62.0 Å². The summed E-state index contributed by atoms with van der Waals surface area (Å²) in [5, 5.41) is 2.91. The van der Waals surface area contributed by atoms with Gasteiger partial charge in [0.15, 0.2) is 0 Å². The number of nitrogens with zero attached hydrogens (tertiary/aromatic N) is 5. The van der Waals surface area contributed by atoms with Crippen molar-refractivity contribution < 1.29 is 14.4 Å². The van der Waals surface area contributed by atoms with Crippen molar-refractivity contribution >= 4 is 40.5 Å². The van der Waals surface area contributed by atoms with Crippen LogP contribution >= 0.6 is 0 Å². The van der Waals surface area contributed by atoms with Gasteiger partial charge in [-0.3, -0.25) is 24.2 Å². The number of nitrogens with one attached hydrogen (secondary N) is 1. The molecule has 0 bridgehead atoms. The van der Waals surface area contributed by atoms with E-state index in [9.17, 15) is 14.4 Å². The van der Waals surface area contributed by atoms with E-state index < -0.39 is 0 Å². The van der Waals surface area contributed by atoms with Crippen LogP contribution in [0.5, 0.6) is 0 Å². The van der Waals surface area contributed by atoms with Gasteiger partial charge < -0.3 is 20.0 Å². The Morgan fingerprint density at radius 1 is 0.778 bits per heavy atom. The molecule has 45 heavy (non-hydrogen) atoms. The number of piperazine rings is 1.